The number of ether oxygens (including phenoxy) is 1. The van der Waals surface area contributed by atoms with E-state index in [2.05, 4.69) is 24.0 Å². The number of aromatic nitrogens is 1. The fraction of sp³-hybridized carbons (Fsp3) is 0.389. The first-order chi connectivity index (χ1) is 10.1. The smallest absolute Gasteiger partial charge is 0.123 e. The molecule has 0 aliphatic heterocycles. The molecular formula is C18H22N2O. The van der Waals surface area contributed by atoms with E-state index >= 15 is 0 Å². The van der Waals surface area contributed by atoms with Crippen molar-refractivity contribution in [3.05, 3.63) is 59.4 Å². The maximum atomic E-state index is 6.78. The van der Waals surface area contributed by atoms with Crippen molar-refractivity contribution in [1.29, 1.82) is 0 Å². The maximum Gasteiger partial charge on any atom is 0.123 e. The van der Waals surface area contributed by atoms with E-state index in [0.29, 0.717) is 0 Å². The standard InChI is InChI=1S/C18H22N2O/c1-18(19,14-9-3-4-11-16(14)21-2)15-10-5-7-13-8-6-12-20-17(13)15/h3-4,6,8-9,11-12,15H,5,7,10,19H2,1-2H3. The van der Waals surface area contributed by atoms with Gasteiger partial charge in [-0.15, -0.1) is 0 Å². The molecule has 1 aromatic heterocycles. The van der Waals surface area contributed by atoms with E-state index in [9.17, 15) is 0 Å². The number of aryl methyl sites for hydroxylation is 1. The number of pyridine rings is 1. The summed E-state index contributed by atoms with van der Waals surface area (Å²) in [6.07, 6.45) is 5.19. The highest BCUT2D eigenvalue weighted by atomic mass is 16.5. The molecule has 3 heteroatoms. The van der Waals surface area contributed by atoms with Gasteiger partial charge in [0.2, 0.25) is 0 Å². The molecule has 0 fully saturated rings. The Hall–Kier alpha value is -1.87. The lowest BCUT2D eigenvalue weighted by molar-refractivity contribution is 0.322. The fourth-order valence-electron chi connectivity index (χ4n) is 3.47. The predicted octanol–water partition coefficient (Wildman–Crippen LogP) is 3.38. The zero-order chi connectivity index (χ0) is 14.9. The molecule has 2 atom stereocenters. The van der Waals surface area contributed by atoms with Gasteiger partial charge in [0.05, 0.1) is 12.6 Å². The van der Waals surface area contributed by atoms with E-state index in [4.69, 9.17) is 10.5 Å². The third-order valence-electron chi connectivity index (χ3n) is 4.61. The lowest BCUT2D eigenvalue weighted by atomic mass is 9.71. The summed E-state index contributed by atoms with van der Waals surface area (Å²) in [5, 5.41) is 0. The molecule has 21 heavy (non-hydrogen) atoms. The van der Waals surface area contributed by atoms with Crippen molar-refractivity contribution in [2.45, 2.75) is 37.6 Å². The second-order valence-corrected chi connectivity index (χ2v) is 5.98. The monoisotopic (exact) mass is 282 g/mol. The van der Waals surface area contributed by atoms with Crippen LogP contribution in [0, 0.1) is 0 Å². The van der Waals surface area contributed by atoms with Crippen molar-refractivity contribution in [1.82, 2.24) is 4.98 Å². The van der Waals surface area contributed by atoms with Gasteiger partial charge in [0.15, 0.2) is 0 Å². The van der Waals surface area contributed by atoms with Crippen LogP contribution in [0.5, 0.6) is 5.75 Å². The van der Waals surface area contributed by atoms with Crippen LogP contribution in [-0.4, -0.2) is 12.1 Å². The number of hydrogen-bond donors (Lipinski definition) is 1. The summed E-state index contributed by atoms with van der Waals surface area (Å²) in [5.41, 5.74) is 9.83. The third kappa shape index (κ3) is 2.42. The van der Waals surface area contributed by atoms with Crippen LogP contribution in [0.2, 0.25) is 0 Å². The molecule has 0 radical (unpaired) electrons. The molecular weight excluding hydrogens is 260 g/mol. The largest absolute Gasteiger partial charge is 0.496 e. The average Bonchev–Trinajstić information content (AvgIpc) is 2.54. The average molecular weight is 282 g/mol. The highest BCUT2D eigenvalue weighted by molar-refractivity contribution is 5.42. The van der Waals surface area contributed by atoms with E-state index in [1.165, 1.54) is 5.56 Å². The zero-order valence-corrected chi connectivity index (χ0v) is 12.7. The Morgan fingerprint density at radius 1 is 1.24 bits per heavy atom. The van der Waals surface area contributed by atoms with Gasteiger partial charge >= 0.3 is 0 Å². The van der Waals surface area contributed by atoms with E-state index in [0.717, 1.165) is 36.3 Å². The molecule has 2 unspecified atom stereocenters. The summed E-state index contributed by atoms with van der Waals surface area (Å²) < 4.78 is 5.51. The van der Waals surface area contributed by atoms with Crippen LogP contribution in [0.1, 0.15) is 42.5 Å². The van der Waals surface area contributed by atoms with E-state index in [1.807, 2.05) is 30.5 Å². The van der Waals surface area contributed by atoms with Crippen LogP contribution in [0.3, 0.4) is 0 Å². The molecule has 110 valence electrons. The van der Waals surface area contributed by atoms with Crippen LogP contribution < -0.4 is 10.5 Å². The number of methoxy groups -OCH3 is 1. The Bertz CT molecular complexity index is 637. The van der Waals surface area contributed by atoms with Crippen LogP contribution in [0.15, 0.2) is 42.6 Å². The first-order valence-corrected chi connectivity index (χ1v) is 7.50. The molecule has 0 spiro atoms. The lowest BCUT2D eigenvalue weighted by Gasteiger charge is -2.38. The molecule has 0 saturated carbocycles. The van der Waals surface area contributed by atoms with E-state index in [1.54, 1.807) is 7.11 Å². The molecule has 0 amide bonds. The Labute approximate surface area is 126 Å². The number of rotatable bonds is 3. The molecule has 0 saturated heterocycles. The molecule has 2 N–H and O–H groups in total. The number of nitrogens with zero attached hydrogens (tertiary/aromatic N) is 1. The quantitative estimate of drug-likeness (QED) is 0.938. The van der Waals surface area contributed by atoms with Gasteiger partial charge < -0.3 is 10.5 Å². The molecule has 2 aromatic rings. The number of para-hydroxylation sites is 1. The SMILES string of the molecule is COc1ccccc1C(C)(N)C1CCCc2cccnc21. The molecule has 1 heterocycles. The topological polar surface area (TPSA) is 48.1 Å². The highest BCUT2D eigenvalue weighted by Gasteiger charge is 2.38. The van der Waals surface area contributed by atoms with Gasteiger partial charge in [-0.1, -0.05) is 24.3 Å². The summed E-state index contributed by atoms with van der Waals surface area (Å²) >= 11 is 0. The second kappa shape index (κ2) is 5.49. The Balaban J connectivity index is 2.07. The van der Waals surface area contributed by atoms with Gasteiger partial charge in [0.1, 0.15) is 5.75 Å². The van der Waals surface area contributed by atoms with Crippen LogP contribution in [-0.2, 0) is 12.0 Å². The fourth-order valence-corrected chi connectivity index (χ4v) is 3.47. The summed E-state index contributed by atoms with van der Waals surface area (Å²) in [5.74, 6) is 1.07. The first-order valence-electron chi connectivity index (χ1n) is 7.50. The van der Waals surface area contributed by atoms with E-state index < -0.39 is 5.54 Å². The van der Waals surface area contributed by atoms with Crippen molar-refractivity contribution in [3.63, 3.8) is 0 Å². The molecule has 1 aromatic carbocycles. The summed E-state index contributed by atoms with van der Waals surface area (Å²) in [4.78, 5) is 4.63. The molecule has 0 bridgehead atoms. The van der Waals surface area contributed by atoms with Crippen molar-refractivity contribution in [3.8, 4) is 5.75 Å². The number of benzene rings is 1. The Morgan fingerprint density at radius 3 is 2.86 bits per heavy atom. The zero-order valence-electron chi connectivity index (χ0n) is 12.7. The van der Waals surface area contributed by atoms with Crippen LogP contribution in [0.25, 0.3) is 0 Å². The van der Waals surface area contributed by atoms with Crippen molar-refractivity contribution >= 4 is 0 Å². The van der Waals surface area contributed by atoms with Crippen LogP contribution in [0.4, 0.5) is 0 Å². The first kappa shape index (κ1) is 14.1. The van der Waals surface area contributed by atoms with Gasteiger partial charge in [-0.05, 0) is 43.9 Å². The van der Waals surface area contributed by atoms with Gasteiger partial charge in [0, 0.05) is 23.4 Å². The van der Waals surface area contributed by atoms with Crippen molar-refractivity contribution in [2.24, 2.45) is 5.73 Å². The minimum absolute atomic E-state index is 0.221. The molecule has 3 rings (SSSR count). The third-order valence-corrected chi connectivity index (χ3v) is 4.61. The predicted molar refractivity (Wildman–Crippen MR) is 84.4 cm³/mol. The van der Waals surface area contributed by atoms with Crippen molar-refractivity contribution in [2.75, 3.05) is 7.11 Å². The summed E-state index contributed by atoms with van der Waals surface area (Å²) in [6, 6.07) is 12.2. The molecule has 3 nitrogen and oxygen atoms in total. The minimum atomic E-state index is -0.490. The second-order valence-electron chi connectivity index (χ2n) is 5.98. The normalized spacial score (nSPS) is 20.4. The van der Waals surface area contributed by atoms with Crippen LogP contribution >= 0.6 is 0 Å². The van der Waals surface area contributed by atoms with E-state index in [-0.39, 0.29) is 5.92 Å². The van der Waals surface area contributed by atoms with Crippen molar-refractivity contribution < 1.29 is 4.74 Å². The summed E-state index contributed by atoms with van der Waals surface area (Å²) in [6.45, 7) is 2.10. The minimum Gasteiger partial charge on any atom is -0.496 e. The summed E-state index contributed by atoms with van der Waals surface area (Å²) in [7, 11) is 1.70. The molecule has 1 aliphatic carbocycles. The maximum absolute atomic E-state index is 6.78. The lowest BCUT2D eigenvalue weighted by Crippen LogP contribution is -2.42. The van der Waals surface area contributed by atoms with Gasteiger partial charge in [-0.2, -0.15) is 0 Å². The Morgan fingerprint density at radius 2 is 2.05 bits per heavy atom. The number of fused-ring (bicyclic) bond motifs is 1. The highest BCUT2D eigenvalue weighted by Crippen LogP contribution is 2.44. The number of hydrogen-bond acceptors (Lipinski definition) is 3. The Kier molecular flexibility index (Phi) is 3.68. The van der Waals surface area contributed by atoms with Gasteiger partial charge in [-0.3, -0.25) is 4.98 Å². The molecule has 1 aliphatic rings. The number of nitrogens with two attached hydrogens (primary N) is 1. The van der Waals surface area contributed by atoms with Gasteiger partial charge in [-0.25, -0.2) is 0 Å². The van der Waals surface area contributed by atoms with Gasteiger partial charge in [0.25, 0.3) is 0 Å².